The number of amides is 1. The molecule has 0 saturated heterocycles. The Kier molecular flexibility index (Phi) is 7.47. The normalized spacial score (nSPS) is 15.6. The Hall–Kier alpha value is -3.18. The van der Waals surface area contributed by atoms with Gasteiger partial charge in [-0.1, -0.05) is 0 Å². The Bertz CT molecular complexity index is 1190. The molecule has 0 fully saturated rings. The number of alkyl halides is 3. The van der Waals surface area contributed by atoms with E-state index in [2.05, 4.69) is 10.1 Å². The molecule has 180 valence electrons. The third-order valence-corrected chi connectivity index (χ3v) is 5.47. The molecule has 0 spiro atoms. The number of benzene rings is 1. The molecule has 4 rings (SSSR count). The monoisotopic (exact) mass is 492 g/mol. The van der Waals surface area contributed by atoms with Crippen molar-refractivity contribution in [1.82, 2.24) is 14.8 Å². The van der Waals surface area contributed by atoms with E-state index in [1.54, 1.807) is 24.1 Å². The number of methoxy groups -OCH3 is 1. The second-order valence-corrected chi connectivity index (χ2v) is 7.89. The van der Waals surface area contributed by atoms with Crippen molar-refractivity contribution in [2.24, 2.45) is 0 Å². The molecule has 0 saturated carbocycles. The van der Waals surface area contributed by atoms with Gasteiger partial charge >= 0.3 is 6.18 Å². The standard InChI is InChI=1S/C23H21F3N4O3.H2S/c1-14-12-29(19-5-3-18(4-6-19)23(24,25)26)22(32)21-17(11-28-30(14)21)8-20(31)16-7-15(13-33-2)9-27-10-16;/h3-7,9-11,14H,8,12-13H2,1-2H3;1H2/t14-;/m0./s1. The Morgan fingerprint density at radius 3 is 2.53 bits per heavy atom. The van der Waals surface area contributed by atoms with Crippen LogP contribution in [0.3, 0.4) is 0 Å². The van der Waals surface area contributed by atoms with E-state index in [9.17, 15) is 22.8 Å². The Morgan fingerprint density at radius 1 is 1.18 bits per heavy atom. The minimum Gasteiger partial charge on any atom is -0.380 e. The number of carbonyl (C=O) groups is 2. The summed E-state index contributed by atoms with van der Waals surface area (Å²) in [5, 5.41) is 4.29. The first kappa shape index (κ1) is 25.4. The molecule has 1 atom stereocenters. The van der Waals surface area contributed by atoms with Crippen LogP contribution in [0.5, 0.6) is 0 Å². The van der Waals surface area contributed by atoms with Crippen LogP contribution in [0, 0.1) is 0 Å². The van der Waals surface area contributed by atoms with Gasteiger partial charge in [0.15, 0.2) is 5.78 Å². The zero-order chi connectivity index (χ0) is 23.8. The van der Waals surface area contributed by atoms with Gasteiger partial charge in [0.1, 0.15) is 5.69 Å². The molecule has 7 nitrogen and oxygen atoms in total. The second kappa shape index (κ2) is 9.98. The molecule has 3 heterocycles. The molecule has 2 aromatic heterocycles. The number of ketones is 1. The van der Waals surface area contributed by atoms with Crippen molar-refractivity contribution in [2.45, 2.75) is 32.2 Å². The predicted molar refractivity (Wildman–Crippen MR) is 123 cm³/mol. The minimum atomic E-state index is -4.46. The van der Waals surface area contributed by atoms with E-state index in [1.165, 1.54) is 29.4 Å². The highest BCUT2D eigenvalue weighted by atomic mass is 32.1. The van der Waals surface area contributed by atoms with Crippen LogP contribution in [-0.2, 0) is 23.9 Å². The average molecular weight is 493 g/mol. The third kappa shape index (κ3) is 5.00. The van der Waals surface area contributed by atoms with Crippen molar-refractivity contribution in [2.75, 3.05) is 18.6 Å². The fourth-order valence-corrected chi connectivity index (χ4v) is 3.86. The first-order valence-corrected chi connectivity index (χ1v) is 10.2. The highest BCUT2D eigenvalue weighted by molar-refractivity contribution is 7.59. The van der Waals surface area contributed by atoms with E-state index in [4.69, 9.17) is 4.74 Å². The van der Waals surface area contributed by atoms with Crippen LogP contribution in [0.1, 0.15) is 50.5 Å². The molecule has 3 aromatic rings. The summed E-state index contributed by atoms with van der Waals surface area (Å²) >= 11 is 0. The van der Waals surface area contributed by atoms with Gasteiger partial charge in [-0.25, -0.2) is 0 Å². The Balaban J connectivity index is 0.00000324. The second-order valence-electron chi connectivity index (χ2n) is 7.89. The zero-order valence-corrected chi connectivity index (χ0v) is 19.5. The van der Waals surface area contributed by atoms with Gasteiger partial charge in [-0.2, -0.15) is 31.8 Å². The third-order valence-electron chi connectivity index (χ3n) is 5.47. The number of hydrogen-bond donors (Lipinski definition) is 0. The number of fused-ring (bicyclic) bond motifs is 1. The highest BCUT2D eigenvalue weighted by Gasteiger charge is 2.35. The molecule has 0 radical (unpaired) electrons. The van der Waals surface area contributed by atoms with E-state index >= 15 is 0 Å². The number of rotatable bonds is 6. The van der Waals surface area contributed by atoms with Gasteiger partial charge in [0, 0.05) is 49.3 Å². The van der Waals surface area contributed by atoms with Crippen molar-refractivity contribution in [3.8, 4) is 0 Å². The summed E-state index contributed by atoms with van der Waals surface area (Å²) in [7, 11) is 1.54. The molecule has 1 aliphatic heterocycles. The van der Waals surface area contributed by atoms with Crippen LogP contribution < -0.4 is 4.90 Å². The van der Waals surface area contributed by atoms with Gasteiger partial charge in [-0.05, 0) is 42.8 Å². The van der Waals surface area contributed by atoms with Crippen LogP contribution in [0.4, 0.5) is 18.9 Å². The van der Waals surface area contributed by atoms with Gasteiger partial charge < -0.3 is 9.64 Å². The number of halogens is 3. The van der Waals surface area contributed by atoms with E-state index in [0.29, 0.717) is 23.4 Å². The largest absolute Gasteiger partial charge is 0.416 e. The number of nitrogens with zero attached hydrogens (tertiary/aromatic N) is 4. The molecule has 0 unspecified atom stereocenters. The van der Waals surface area contributed by atoms with Crippen molar-refractivity contribution < 1.29 is 27.5 Å². The SMILES string of the molecule is COCc1cncc(C(=O)Cc2cnn3c2C(=O)N(c2ccc(C(F)(F)F)cc2)C[C@@H]3C)c1.S. The van der Waals surface area contributed by atoms with Gasteiger partial charge in [-0.15, -0.1) is 0 Å². The Morgan fingerprint density at radius 2 is 1.88 bits per heavy atom. The molecular weight excluding hydrogens is 469 g/mol. The van der Waals surface area contributed by atoms with Gasteiger partial charge in [0.05, 0.1) is 24.4 Å². The number of anilines is 1. The summed E-state index contributed by atoms with van der Waals surface area (Å²) in [5.41, 5.74) is 1.40. The number of aromatic nitrogens is 3. The summed E-state index contributed by atoms with van der Waals surface area (Å²) in [6, 6.07) is 5.91. The minimum absolute atomic E-state index is 0. The number of pyridine rings is 1. The van der Waals surface area contributed by atoms with Gasteiger partial charge in [-0.3, -0.25) is 19.3 Å². The lowest BCUT2D eigenvalue weighted by Crippen LogP contribution is -2.43. The number of ether oxygens (including phenoxy) is 1. The molecule has 1 aliphatic rings. The molecule has 1 aromatic carbocycles. The summed E-state index contributed by atoms with van der Waals surface area (Å²) in [6.45, 7) is 2.41. The van der Waals surface area contributed by atoms with Crippen LogP contribution in [0.2, 0.25) is 0 Å². The molecule has 11 heteroatoms. The number of carbonyl (C=O) groups excluding carboxylic acids is 2. The fourth-order valence-electron chi connectivity index (χ4n) is 3.86. The fraction of sp³-hybridized carbons (Fsp3) is 0.304. The van der Waals surface area contributed by atoms with Crippen molar-refractivity contribution in [3.05, 3.63) is 76.9 Å². The van der Waals surface area contributed by atoms with E-state index in [-0.39, 0.29) is 44.0 Å². The van der Waals surface area contributed by atoms with E-state index in [0.717, 1.165) is 17.7 Å². The summed E-state index contributed by atoms with van der Waals surface area (Å²) in [5.74, 6) is -0.650. The highest BCUT2D eigenvalue weighted by Crippen LogP contribution is 2.33. The molecular formula is C23H23F3N4O3S. The molecule has 0 N–H and O–H groups in total. The maximum atomic E-state index is 13.3. The van der Waals surface area contributed by atoms with Crippen LogP contribution in [-0.4, -0.2) is 40.1 Å². The lowest BCUT2D eigenvalue weighted by atomic mass is 10.0. The molecule has 34 heavy (non-hydrogen) atoms. The molecule has 0 aliphatic carbocycles. The quantitative estimate of drug-likeness (QED) is 0.482. The van der Waals surface area contributed by atoms with Crippen LogP contribution in [0.15, 0.2) is 48.9 Å². The number of Topliss-reactive ketones (excluding diaryl/α,β-unsaturated/α-hetero) is 1. The first-order valence-electron chi connectivity index (χ1n) is 10.2. The lowest BCUT2D eigenvalue weighted by Gasteiger charge is -2.32. The van der Waals surface area contributed by atoms with Crippen LogP contribution in [0.25, 0.3) is 0 Å². The van der Waals surface area contributed by atoms with Gasteiger partial charge in [0.25, 0.3) is 5.91 Å². The van der Waals surface area contributed by atoms with Crippen LogP contribution >= 0.6 is 13.5 Å². The smallest absolute Gasteiger partial charge is 0.380 e. The summed E-state index contributed by atoms with van der Waals surface area (Å²) in [6.07, 6.45) is 0.0298. The maximum absolute atomic E-state index is 13.3. The van der Waals surface area contributed by atoms with Crippen molar-refractivity contribution >= 4 is 30.9 Å². The van der Waals surface area contributed by atoms with Crippen molar-refractivity contribution in [3.63, 3.8) is 0 Å². The first-order chi connectivity index (χ1) is 15.7. The van der Waals surface area contributed by atoms with Gasteiger partial charge in [0.2, 0.25) is 0 Å². The van der Waals surface area contributed by atoms with E-state index < -0.39 is 17.6 Å². The number of hydrogen-bond acceptors (Lipinski definition) is 5. The molecule has 1 amide bonds. The predicted octanol–water partition coefficient (Wildman–Crippen LogP) is 4.20. The average Bonchev–Trinajstić information content (AvgIpc) is 3.21. The summed E-state index contributed by atoms with van der Waals surface area (Å²) in [4.78, 5) is 31.6. The summed E-state index contributed by atoms with van der Waals surface area (Å²) < 4.78 is 45.3. The zero-order valence-electron chi connectivity index (χ0n) is 18.5. The maximum Gasteiger partial charge on any atom is 0.416 e. The lowest BCUT2D eigenvalue weighted by molar-refractivity contribution is -0.137. The topological polar surface area (TPSA) is 77.3 Å². The Labute approximate surface area is 201 Å². The van der Waals surface area contributed by atoms with Crippen molar-refractivity contribution in [1.29, 1.82) is 0 Å². The van der Waals surface area contributed by atoms with E-state index in [1.807, 2.05) is 6.92 Å². The molecule has 0 bridgehead atoms.